The quantitative estimate of drug-likeness (QED) is 0.539. The van der Waals surface area contributed by atoms with Crippen LogP contribution in [0.4, 0.5) is 5.69 Å². The lowest BCUT2D eigenvalue weighted by molar-refractivity contribution is 0.578. The molecule has 0 spiro atoms. The highest BCUT2D eigenvalue weighted by Crippen LogP contribution is 2.30. The Labute approximate surface area is 181 Å². The van der Waals surface area contributed by atoms with E-state index in [1.165, 1.54) is 30.3 Å². The number of hydrogen-bond donors (Lipinski definition) is 2. The van der Waals surface area contributed by atoms with Crippen molar-refractivity contribution in [2.45, 2.75) is 26.2 Å². The van der Waals surface area contributed by atoms with Gasteiger partial charge in [-0.25, -0.2) is 0 Å². The van der Waals surface area contributed by atoms with Crippen molar-refractivity contribution >= 4 is 34.3 Å². The van der Waals surface area contributed by atoms with E-state index in [1.807, 2.05) is 37.5 Å². The predicted molar refractivity (Wildman–Crippen MR) is 127 cm³/mol. The minimum Gasteiger partial charge on any atom is -0.370 e. The first-order chi connectivity index (χ1) is 15.2. The Bertz CT molecular complexity index is 1340. The van der Waals surface area contributed by atoms with Crippen LogP contribution in [0, 0.1) is 0 Å². The van der Waals surface area contributed by atoms with Gasteiger partial charge in [-0.2, -0.15) is 5.10 Å². The molecule has 0 amide bonds. The van der Waals surface area contributed by atoms with Gasteiger partial charge in [-0.3, -0.25) is 15.1 Å². The van der Waals surface area contributed by atoms with Gasteiger partial charge in [0.25, 0.3) is 0 Å². The summed E-state index contributed by atoms with van der Waals surface area (Å²) in [5.74, 6) is 0. The van der Waals surface area contributed by atoms with E-state index >= 15 is 0 Å². The second-order valence-electron chi connectivity index (χ2n) is 7.94. The Morgan fingerprint density at radius 2 is 1.90 bits per heavy atom. The SMILES string of the molecule is C=C(/C=c1/c(-c2cc3c(N4CCCCC4)cncc3[nH]2)n[nH]/c1=C/C)c1ccncc1. The molecule has 6 heteroatoms. The summed E-state index contributed by atoms with van der Waals surface area (Å²) in [7, 11) is 0. The smallest absolute Gasteiger partial charge is 0.116 e. The van der Waals surface area contributed by atoms with Crippen LogP contribution in [-0.2, 0) is 0 Å². The molecule has 2 N–H and O–H groups in total. The van der Waals surface area contributed by atoms with Crippen molar-refractivity contribution in [3.63, 3.8) is 0 Å². The zero-order valence-corrected chi connectivity index (χ0v) is 17.7. The predicted octanol–water partition coefficient (Wildman–Crippen LogP) is 3.63. The maximum absolute atomic E-state index is 4.64. The molecule has 1 aliphatic heterocycles. The third-order valence-corrected chi connectivity index (χ3v) is 5.97. The van der Waals surface area contributed by atoms with Crippen molar-refractivity contribution in [3.8, 4) is 11.4 Å². The van der Waals surface area contributed by atoms with Gasteiger partial charge in [0, 0.05) is 36.1 Å². The van der Waals surface area contributed by atoms with Gasteiger partial charge in [0.1, 0.15) is 5.69 Å². The number of anilines is 1. The summed E-state index contributed by atoms with van der Waals surface area (Å²) >= 11 is 0. The van der Waals surface area contributed by atoms with Gasteiger partial charge >= 0.3 is 0 Å². The number of aromatic amines is 2. The molecule has 0 aromatic carbocycles. The lowest BCUT2D eigenvalue weighted by atomic mass is 10.1. The van der Waals surface area contributed by atoms with E-state index in [-0.39, 0.29) is 0 Å². The molecule has 31 heavy (non-hydrogen) atoms. The molecule has 1 saturated heterocycles. The van der Waals surface area contributed by atoms with Crippen LogP contribution < -0.4 is 15.5 Å². The van der Waals surface area contributed by atoms with Crippen molar-refractivity contribution in [1.82, 2.24) is 25.1 Å². The summed E-state index contributed by atoms with van der Waals surface area (Å²) in [4.78, 5) is 14.6. The standard InChI is InChI=1S/C25H26N6/c1-3-21-20(13-17(2)18-7-9-26-10-8-18)25(30-29-21)22-14-19-23(28-22)15-27-16-24(19)31-11-5-4-6-12-31/h3,7-10,13-16,28-29H,2,4-6,11-12H2,1H3/b20-13+,21-3+. The molecule has 156 valence electrons. The Balaban J connectivity index is 1.62. The Hall–Kier alpha value is -3.67. The normalized spacial score (nSPS) is 15.7. The van der Waals surface area contributed by atoms with Gasteiger partial charge in [-0.05, 0) is 61.6 Å². The first-order valence-corrected chi connectivity index (χ1v) is 10.8. The molecule has 4 aromatic heterocycles. The first kappa shape index (κ1) is 19.3. The number of rotatable bonds is 4. The Morgan fingerprint density at radius 1 is 1.10 bits per heavy atom. The summed E-state index contributed by atoms with van der Waals surface area (Å²) < 4.78 is 0. The van der Waals surface area contributed by atoms with E-state index in [2.05, 4.69) is 48.8 Å². The molecule has 0 aliphatic carbocycles. The summed E-state index contributed by atoms with van der Waals surface area (Å²) in [5, 5.41) is 11.0. The lowest BCUT2D eigenvalue weighted by Gasteiger charge is -2.28. The topological polar surface area (TPSA) is 73.5 Å². The van der Waals surface area contributed by atoms with Crippen molar-refractivity contribution in [2.24, 2.45) is 0 Å². The van der Waals surface area contributed by atoms with Gasteiger partial charge in [-0.15, -0.1) is 0 Å². The molecule has 1 fully saturated rings. The van der Waals surface area contributed by atoms with Crippen molar-refractivity contribution in [1.29, 1.82) is 0 Å². The lowest BCUT2D eigenvalue weighted by Crippen LogP contribution is -2.29. The first-order valence-electron chi connectivity index (χ1n) is 10.8. The molecule has 0 saturated carbocycles. The number of nitrogens with one attached hydrogen (secondary N) is 2. The van der Waals surface area contributed by atoms with Gasteiger partial charge in [0.05, 0.1) is 34.6 Å². The van der Waals surface area contributed by atoms with Crippen molar-refractivity contribution < 1.29 is 0 Å². The summed E-state index contributed by atoms with van der Waals surface area (Å²) in [6.45, 7) is 8.44. The van der Waals surface area contributed by atoms with Crippen molar-refractivity contribution in [2.75, 3.05) is 18.0 Å². The van der Waals surface area contributed by atoms with Crippen molar-refractivity contribution in [3.05, 3.63) is 65.7 Å². The molecule has 4 aromatic rings. The van der Waals surface area contributed by atoms with E-state index < -0.39 is 0 Å². The third-order valence-electron chi connectivity index (χ3n) is 5.97. The minimum absolute atomic E-state index is 0.879. The molecule has 0 radical (unpaired) electrons. The molecular weight excluding hydrogens is 384 g/mol. The number of piperidine rings is 1. The monoisotopic (exact) mass is 410 g/mol. The van der Waals surface area contributed by atoms with Crippen LogP contribution in [0.2, 0.25) is 0 Å². The largest absolute Gasteiger partial charge is 0.370 e. The average Bonchev–Trinajstić information content (AvgIpc) is 3.43. The second kappa shape index (κ2) is 8.22. The molecule has 5 heterocycles. The zero-order valence-electron chi connectivity index (χ0n) is 17.7. The molecule has 6 nitrogen and oxygen atoms in total. The molecule has 0 bridgehead atoms. The fourth-order valence-corrected chi connectivity index (χ4v) is 4.31. The van der Waals surface area contributed by atoms with E-state index in [9.17, 15) is 0 Å². The number of hydrogen-bond acceptors (Lipinski definition) is 4. The Morgan fingerprint density at radius 3 is 2.68 bits per heavy atom. The van der Waals surface area contributed by atoms with E-state index in [0.717, 1.165) is 51.7 Å². The minimum atomic E-state index is 0.879. The van der Waals surface area contributed by atoms with Gasteiger partial charge < -0.3 is 9.88 Å². The molecular formula is C25H26N6. The summed E-state index contributed by atoms with van der Waals surface area (Å²) in [6.07, 6.45) is 15.3. The maximum atomic E-state index is 4.64. The highest BCUT2D eigenvalue weighted by molar-refractivity contribution is 5.95. The Kier molecular flexibility index (Phi) is 5.12. The van der Waals surface area contributed by atoms with Crippen LogP contribution in [0.3, 0.4) is 0 Å². The van der Waals surface area contributed by atoms with Crippen LogP contribution in [0.25, 0.3) is 40.0 Å². The van der Waals surface area contributed by atoms with Crippen LogP contribution in [0.5, 0.6) is 0 Å². The summed E-state index contributed by atoms with van der Waals surface area (Å²) in [6, 6.07) is 6.13. The molecule has 0 atom stereocenters. The third kappa shape index (κ3) is 3.65. The zero-order chi connectivity index (χ0) is 21.2. The van der Waals surface area contributed by atoms with Gasteiger partial charge in [0.15, 0.2) is 0 Å². The number of allylic oxidation sites excluding steroid dienone is 1. The second-order valence-corrected chi connectivity index (χ2v) is 7.94. The number of H-pyrrole nitrogens is 2. The highest BCUT2D eigenvalue weighted by atomic mass is 15.1. The number of nitrogens with zero attached hydrogens (tertiary/aromatic N) is 4. The fraction of sp³-hybridized carbons (Fsp3) is 0.240. The average molecular weight is 411 g/mol. The molecule has 5 rings (SSSR count). The number of fused-ring (bicyclic) bond motifs is 1. The highest BCUT2D eigenvalue weighted by Gasteiger charge is 2.17. The number of pyridine rings is 2. The summed E-state index contributed by atoms with van der Waals surface area (Å²) in [5.41, 5.74) is 6.03. The molecule has 0 unspecified atom stereocenters. The van der Waals surface area contributed by atoms with Crippen LogP contribution in [-0.4, -0.2) is 38.2 Å². The molecule has 1 aliphatic rings. The van der Waals surface area contributed by atoms with Crippen LogP contribution >= 0.6 is 0 Å². The van der Waals surface area contributed by atoms with Gasteiger partial charge in [-0.1, -0.05) is 12.7 Å². The van der Waals surface area contributed by atoms with E-state index in [1.54, 1.807) is 12.4 Å². The van der Waals surface area contributed by atoms with E-state index in [0.29, 0.717) is 0 Å². The maximum Gasteiger partial charge on any atom is 0.116 e. The number of aromatic nitrogens is 5. The van der Waals surface area contributed by atoms with E-state index in [4.69, 9.17) is 0 Å². The van der Waals surface area contributed by atoms with Crippen LogP contribution in [0.15, 0.2) is 49.6 Å². The van der Waals surface area contributed by atoms with Crippen LogP contribution in [0.1, 0.15) is 31.7 Å². The fourth-order valence-electron chi connectivity index (χ4n) is 4.31. The van der Waals surface area contributed by atoms with Gasteiger partial charge in [0.2, 0.25) is 0 Å².